The molecule has 0 radical (unpaired) electrons. The number of ether oxygens (including phenoxy) is 2. The molecule has 0 spiro atoms. The number of nitrogens with zero attached hydrogens (tertiary/aromatic N) is 1. The Morgan fingerprint density at radius 1 is 1.04 bits per heavy atom. The predicted molar refractivity (Wildman–Crippen MR) is 101 cm³/mol. The number of amides is 1. The minimum Gasteiger partial charge on any atom is -0.462 e. The fraction of sp³-hybridized carbons (Fsp3) is 0.350. The molecule has 1 N–H and O–H groups in total. The third-order valence-corrected chi connectivity index (χ3v) is 4.20. The number of benzene rings is 1. The maximum atomic E-state index is 13.1. The molecule has 1 heterocycles. The lowest BCUT2D eigenvalue weighted by atomic mass is 10.1. The van der Waals surface area contributed by atoms with E-state index in [0.717, 1.165) is 0 Å². The van der Waals surface area contributed by atoms with Gasteiger partial charge in [0.05, 0.1) is 12.2 Å². The first-order valence-corrected chi connectivity index (χ1v) is 8.89. The third kappa shape index (κ3) is 4.57. The highest BCUT2D eigenvalue weighted by Gasteiger charge is 2.25. The number of carbonyl (C=O) groups is 3. The molecule has 0 aliphatic rings. The van der Waals surface area contributed by atoms with E-state index < -0.39 is 30.3 Å². The first-order chi connectivity index (χ1) is 13.3. The Morgan fingerprint density at radius 2 is 1.68 bits per heavy atom. The first-order valence-electron chi connectivity index (χ1n) is 8.89. The number of aromatic nitrogens is 1. The van der Waals surface area contributed by atoms with Crippen molar-refractivity contribution in [1.82, 2.24) is 4.98 Å². The average molecular weight is 390 g/mol. The smallest absolute Gasteiger partial charge is 0.355 e. The molecule has 2 aromatic rings. The topological polar surface area (TPSA) is 88.7 Å². The summed E-state index contributed by atoms with van der Waals surface area (Å²) in [5.41, 5.74) is 1.76. The number of hydrogen-bond donors (Lipinski definition) is 1. The van der Waals surface area contributed by atoms with Crippen molar-refractivity contribution < 1.29 is 28.2 Å². The van der Waals surface area contributed by atoms with Gasteiger partial charge in [-0.15, -0.1) is 0 Å². The molecule has 150 valence electrons. The highest BCUT2D eigenvalue weighted by Crippen LogP contribution is 2.20. The normalized spacial score (nSPS) is 10.5. The lowest BCUT2D eigenvalue weighted by Gasteiger charge is -2.20. The van der Waals surface area contributed by atoms with Crippen LogP contribution in [0.15, 0.2) is 24.3 Å². The van der Waals surface area contributed by atoms with E-state index in [1.807, 2.05) is 0 Å². The van der Waals surface area contributed by atoms with Crippen molar-refractivity contribution >= 4 is 23.5 Å². The van der Waals surface area contributed by atoms with Gasteiger partial charge in [0.15, 0.2) is 6.61 Å². The summed E-state index contributed by atoms with van der Waals surface area (Å²) in [4.78, 5) is 41.0. The van der Waals surface area contributed by atoms with Crippen LogP contribution in [-0.4, -0.2) is 42.6 Å². The number of aryl methyl sites for hydroxylation is 1. The Morgan fingerprint density at radius 3 is 2.25 bits per heavy atom. The van der Waals surface area contributed by atoms with Crippen molar-refractivity contribution in [2.24, 2.45) is 0 Å². The second-order valence-corrected chi connectivity index (χ2v) is 6.04. The summed E-state index contributed by atoms with van der Waals surface area (Å²) in [7, 11) is 0. The van der Waals surface area contributed by atoms with Gasteiger partial charge < -0.3 is 19.4 Å². The number of likely N-dealkylation sites (N-methyl/N-ethyl adjacent to an activating group) is 1. The van der Waals surface area contributed by atoms with Crippen LogP contribution < -0.4 is 4.90 Å². The Balaban J connectivity index is 2.09. The van der Waals surface area contributed by atoms with Crippen LogP contribution in [0.5, 0.6) is 0 Å². The number of hydrogen-bond acceptors (Lipinski definition) is 5. The Kier molecular flexibility index (Phi) is 6.92. The molecule has 0 fully saturated rings. The number of halogens is 1. The molecule has 1 amide bonds. The Hall–Kier alpha value is -3.16. The maximum Gasteiger partial charge on any atom is 0.355 e. The molecular formula is C20H23FN2O5. The van der Waals surface area contributed by atoms with Gasteiger partial charge in [0.25, 0.3) is 5.91 Å². The minimum absolute atomic E-state index is 0.0955. The summed E-state index contributed by atoms with van der Waals surface area (Å²) in [6, 6.07) is 5.45. The van der Waals surface area contributed by atoms with Crippen LogP contribution in [0.1, 0.15) is 46.0 Å². The summed E-state index contributed by atoms with van der Waals surface area (Å²) in [5, 5.41) is 0. The molecule has 28 heavy (non-hydrogen) atoms. The van der Waals surface area contributed by atoms with Crippen molar-refractivity contribution in [2.45, 2.75) is 27.7 Å². The van der Waals surface area contributed by atoms with Crippen LogP contribution in [0.2, 0.25) is 0 Å². The van der Waals surface area contributed by atoms with Crippen LogP contribution >= 0.6 is 0 Å². The van der Waals surface area contributed by atoms with E-state index in [0.29, 0.717) is 23.5 Å². The molecule has 0 bridgehead atoms. The molecule has 0 aliphatic heterocycles. The molecule has 8 heteroatoms. The van der Waals surface area contributed by atoms with Crippen molar-refractivity contribution in [3.63, 3.8) is 0 Å². The van der Waals surface area contributed by atoms with Gasteiger partial charge in [0, 0.05) is 17.9 Å². The van der Waals surface area contributed by atoms with Gasteiger partial charge in [-0.05, 0) is 57.5 Å². The standard InChI is InChI=1S/C20H23FN2O5/c1-5-23(15-9-7-14(21)8-10-15)16(24)11-28-20(26)18-12(3)17(13(4)22-18)19(25)27-6-2/h7-10,22H,5-6,11H2,1-4H3. The van der Waals surface area contributed by atoms with E-state index in [2.05, 4.69) is 4.98 Å². The van der Waals surface area contributed by atoms with Gasteiger partial charge in [-0.3, -0.25) is 4.79 Å². The number of nitrogens with one attached hydrogen (secondary N) is 1. The van der Waals surface area contributed by atoms with Gasteiger partial charge in [-0.2, -0.15) is 0 Å². The van der Waals surface area contributed by atoms with Gasteiger partial charge in [0.1, 0.15) is 11.5 Å². The van der Waals surface area contributed by atoms with Crippen LogP contribution in [0.25, 0.3) is 0 Å². The summed E-state index contributed by atoms with van der Waals surface area (Å²) in [6.07, 6.45) is 0. The molecule has 0 aliphatic carbocycles. The van der Waals surface area contributed by atoms with Gasteiger partial charge >= 0.3 is 11.9 Å². The monoisotopic (exact) mass is 390 g/mol. The third-order valence-electron chi connectivity index (χ3n) is 4.20. The molecule has 0 unspecified atom stereocenters. The lowest BCUT2D eigenvalue weighted by Crippen LogP contribution is -2.34. The second kappa shape index (κ2) is 9.16. The van der Waals surface area contributed by atoms with Crippen LogP contribution in [0.4, 0.5) is 10.1 Å². The Labute approximate surface area is 162 Å². The molecule has 1 aromatic heterocycles. The van der Waals surface area contributed by atoms with Crippen molar-refractivity contribution in [3.05, 3.63) is 52.6 Å². The lowest BCUT2D eigenvalue weighted by molar-refractivity contribution is -0.121. The second-order valence-electron chi connectivity index (χ2n) is 6.04. The van der Waals surface area contributed by atoms with Gasteiger partial charge in [0.2, 0.25) is 0 Å². The zero-order valence-corrected chi connectivity index (χ0v) is 16.3. The molecular weight excluding hydrogens is 367 g/mol. The highest BCUT2D eigenvalue weighted by molar-refractivity contribution is 6.00. The van der Waals surface area contributed by atoms with Crippen molar-refractivity contribution in [2.75, 3.05) is 24.7 Å². The number of aromatic amines is 1. The summed E-state index contributed by atoms with van der Waals surface area (Å²) in [5.74, 6) is -2.14. The molecule has 0 saturated heterocycles. The van der Waals surface area contributed by atoms with Crippen molar-refractivity contribution in [3.8, 4) is 0 Å². The minimum atomic E-state index is -0.750. The molecule has 0 saturated carbocycles. The summed E-state index contributed by atoms with van der Waals surface area (Å²) < 4.78 is 23.2. The number of rotatable bonds is 7. The zero-order chi connectivity index (χ0) is 20.8. The van der Waals surface area contributed by atoms with Crippen LogP contribution in [0, 0.1) is 19.7 Å². The number of esters is 2. The number of H-pyrrole nitrogens is 1. The predicted octanol–water partition coefficient (Wildman–Crippen LogP) is 3.16. The fourth-order valence-electron chi connectivity index (χ4n) is 2.86. The fourth-order valence-corrected chi connectivity index (χ4v) is 2.86. The largest absolute Gasteiger partial charge is 0.462 e. The average Bonchev–Trinajstić information content (AvgIpc) is 2.96. The first kappa shape index (κ1) is 21.1. The number of carbonyl (C=O) groups excluding carboxylic acids is 3. The zero-order valence-electron chi connectivity index (χ0n) is 16.3. The van der Waals surface area contributed by atoms with E-state index in [4.69, 9.17) is 9.47 Å². The van der Waals surface area contributed by atoms with E-state index in [1.54, 1.807) is 27.7 Å². The van der Waals surface area contributed by atoms with Gasteiger partial charge in [-0.1, -0.05) is 0 Å². The highest BCUT2D eigenvalue weighted by atomic mass is 19.1. The molecule has 0 atom stereocenters. The van der Waals surface area contributed by atoms with Crippen molar-refractivity contribution in [1.29, 1.82) is 0 Å². The van der Waals surface area contributed by atoms with Crippen LogP contribution in [-0.2, 0) is 14.3 Å². The SMILES string of the molecule is CCOC(=O)c1c(C)[nH]c(C(=O)OCC(=O)N(CC)c2ccc(F)cc2)c1C. The summed E-state index contributed by atoms with van der Waals surface area (Å²) >= 11 is 0. The Bertz CT molecular complexity index is 873. The number of anilines is 1. The summed E-state index contributed by atoms with van der Waals surface area (Å²) in [6.45, 7) is 6.75. The van der Waals surface area contributed by atoms with Crippen LogP contribution in [0.3, 0.4) is 0 Å². The van der Waals surface area contributed by atoms with E-state index in [1.165, 1.54) is 29.2 Å². The quantitative estimate of drug-likeness (QED) is 0.734. The maximum absolute atomic E-state index is 13.1. The van der Waals surface area contributed by atoms with Gasteiger partial charge in [-0.25, -0.2) is 14.0 Å². The molecule has 1 aromatic carbocycles. The molecule has 7 nitrogen and oxygen atoms in total. The van der Waals surface area contributed by atoms with E-state index in [9.17, 15) is 18.8 Å². The van der Waals surface area contributed by atoms with E-state index >= 15 is 0 Å². The van der Waals surface area contributed by atoms with E-state index in [-0.39, 0.29) is 17.9 Å². The molecule has 2 rings (SSSR count).